The van der Waals surface area contributed by atoms with Gasteiger partial charge in [-0.1, -0.05) is 23.7 Å². The van der Waals surface area contributed by atoms with Crippen LogP contribution in [-0.4, -0.2) is 66.3 Å². The van der Waals surface area contributed by atoms with Gasteiger partial charge < -0.3 is 20.1 Å². The summed E-state index contributed by atoms with van der Waals surface area (Å²) in [5.74, 6) is -1.38. The van der Waals surface area contributed by atoms with Gasteiger partial charge in [-0.15, -0.1) is 0 Å². The molecular formula is C29H30BrClN4O7. The number of carbonyl (C=O) groups is 5. The summed E-state index contributed by atoms with van der Waals surface area (Å²) in [6, 6.07) is 11.6. The van der Waals surface area contributed by atoms with E-state index in [1.807, 2.05) is 0 Å². The van der Waals surface area contributed by atoms with E-state index in [-0.39, 0.29) is 55.4 Å². The quantitative estimate of drug-likeness (QED) is 0.212. The van der Waals surface area contributed by atoms with Gasteiger partial charge in [0.15, 0.2) is 6.29 Å². The lowest BCUT2D eigenvalue weighted by atomic mass is 10.0. The highest BCUT2D eigenvalue weighted by Crippen LogP contribution is 2.25. The highest BCUT2D eigenvalue weighted by molar-refractivity contribution is 9.10. The van der Waals surface area contributed by atoms with Crippen molar-refractivity contribution >= 4 is 57.6 Å². The molecule has 13 heteroatoms. The number of nitrogens with one attached hydrogen (secondary N) is 2. The maximum absolute atomic E-state index is 12.0. The Morgan fingerprint density at radius 1 is 0.833 bits per heavy atom. The molecule has 222 valence electrons. The van der Waals surface area contributed by atoms with Crippen molar-refractivity contribution in [2.24, 2.45) is 0 Å². The van der Waals surface area contributed by atoms with Crippen LogP contribution in [0.4, 0.5) is 0 Å². The van der Waals surface area contributed by atoms with E-state index in [0.717, 1.165) is 10.8 Å². The minimum atomic E-state index is -0.387. The summed E-state index contributed by atoms with van der Waals surface area (Å²) in [6.07, 6.45) is 4.04. The molecule has 0 saturated carbocycles. The minimum Gasteiger partial charge on any atom is -0.466 e. The molecule has 0 bridgehead atoms. The van der Waals surface area contributed by atoms with Crippen LogP contribution in [0, 0.1) is 0 Å². The summed E-state index contributed by atoms with van der Waals surface area (Å²) >= 11 is 9.11. The van der Waals surface area contributed by atoms with Gasteiger partial charge in [0.25, 0.3) is 11.8 Å². The van der Waals surface area contributed by atoms with E-state index >= 15 is 0 Å². The van der Waals surface area contributed by atoms with Crippen LogP contribution < -0.4 is 10.6 Å². The number of hydrogen-bond donors (Lipinski definition) is 2. The Labute approximate surface area is 256 Å². The van der Waals surface area contributed by atoms with Crippen molar-refractivity contribution < 1.29 is 33.4 Å². The number of benzene rings is 1. The van der Waals surface area contributed by atoms with Gasteiger partial charge in [0, 0.05) is 46.1 Å². The summed E-state index contributed by atoms with van der Waals surface area (Å²) in [7, 11) is 0. The molecular weight excluding hydrogens is 632 g/mol. The van der Waals surface area contributed by atoms with Gasteiger partial charge in [-0.3, -0.25) is 29.0 Å². The van der Waals surface area contributed by atoms with Crippen molar-refractivity contribution in [1.82, 2.24) is 20.6 Å². The lowest BCUT2D eigenvalue weighted by Gasteiger charge is -2.07. The second kappa shape index (κ2) is 18.3. The zero-order valence-corrected chi connectivity index (χ0v) is 25.4. The van der Waals surface area contributed by atoms with Gasteiger partial charge in [-0.05, 0) is 65.7 Å². The molecule has 42 heavy (non-hydrogen) atoms. The van der Waals surface area contributed by atoms with Crippen molar-refractivity contribution in [3.05, 3.63) is 81.3 Å². The third-order valence-electron chi connectivity index (χ3n) is 5.25. The van der Waals surface area contributed by atoms with E-state index in [1.165, 1.54) is 6.20 Å². The maximum atomic E-state index is 12.0. The first kappa shape index (κ1) is 34.0. The number of ether oxygens (including phenoxy) is 2. The molecule has 0 aliphatic rings. The first-order valence-electron chi connectivity index (χ1n) is 12.9. The molecule has 0 spiro atoms. The van der Waals surface area contributed by atoms with E-state index in [9.17, 15) is 24.0 Å². The molecule has 3 aromatic rings. The van der Waals surface area contributed by atoms with Crippen LogP contribution in [0.25, 0.3) is 11.1 Å². The Kier molecular flexibility index (Phi) is 14.8. The molecule has 3 rings (SSSR count). The fourth-order valence-electron chi connectivity index (χ4n) is 3.30. The monoisotopic (exact) mass is 660 g/mol. The van der Waals surface area contributed by atoms with Crippen molar-refractivity contribution in [3.63, 3.8) is 0 Å². The van der Waals surface area contributed by atoms with Crippen LogP contribution in [0.15, 0.2) is 59.3 Å². The van der Waals surface area contributed by atoms with Crippen LogP contribution in [0.1, 0.15) is 58.0 Å². The molecule has 2 N–H and O–H groups in total. The molecule has 2 aromatic heterocycles. The van der Waals surface area contributed by atoms with E-state index < -0.39 is 0 Å². The van der Waals surface area contributed by atoms with Crippen molar-refractivity contribution in [2.75, 3.05) is 26.3 Å². The van der Waals surface area contributed by atoms with Crippen LogP contribution in [-0.2, 0) is 19.1 Å². The van der Waals surface area contributed by atoms with Crippen molar-refractivity contribution in [3.8, 4) is 11.1 Å². The molecule has 0 atom stereocenters. The van der Waals surface area contributed by atoms with Gasteiger partial charge >= 0.3 is 11.9 Å². The van der Waals surface area contributed by atoms with Crippen LogP contribution >= 0.6 is 27.5 Å². The van der Waals surface area contributed by atoms with E-state index in [4.69, 9.17) is 21.1 Å². The molecule has 0 saturated heterocycles. The van der Waals surface area contributed by atoms with Gasteiger partial charge in [0.2, 0.25) is 0 Å². The lowest BCUT2D eigenvalue weighted by Crippen LogP contribution is -2.27. The number of rotatable bonds is 12. The second-order valence-corrected chi connectivity index (χ2v) is 9.62. The predicted molar refractivity (Wildman–Crippen MR) is 159 cm³/mol. The average molecular weight is 662 g/mol. The van der Waals surface area contributed by atoms with E-state index in [1.54, 1.807) is 62.5 Å². The molecule has 0 radical (unpaired) electrons. The Balaban J connectivity index is 0.000000317. The van der Waals surface area contributed by atoms with E-state index in [0.29, 0.717) is 40.6 Å². The number of hydrogen-bond acceptors (Lipinski definition) is 9. The Morgan fingerprint density at radius 3 is 1.83 bits per heavy atom. The van der Waals surface area contributed by atoms with Gasteiger partial charge in [0.1, 0.15) is 11.4 Å². The number of carbonyl (C=O) groups excluding carboxylic acids is 5. The van der Waals surface area contributed by atoms with Crippen LogP contribution in [0.2, 0.25) is 5.02 Å². The zero-order valence-electron chi connectivity index (χ0n) is 23.0. The number of nitrogens with zero attached hydrogens (tertiary/aromatic N) is 2. The fraction of sp³-hybridized carbons (Fsp3) is 0.276. The maximum Gasteiger partial charge on any atom is 0.307 e. The standard InChI is InChI=1S/C18H17ClN2O4.C11H13BrN2O3/c1-2-25-17(23)7-8-20-18(24)16-6-3-12(10-21-16)15-5-4-14(19)9-13(15)11-22;1-2-17-10(15)5-6-13-11(16)9-4-3-8(12)7-14-9/h3-6,9-11H,2,7-8H2,1H3,(H,20,24);3-4,7H,2,5-6H2,1H3,(H,13,16). The first-order valence-corrected chi connectivity index (χ1v) is 14.1. The Bertz CT molecular complexity index is 1370. The number of halogens is 2. The van der Waals surface area contributed by atoms with E-state index in [2.05, 4.69) is 36.5 Å². The Hall–Kier alpha value is -4.16. The van der Waals surface area contributed by atoms with Crippen molar-refractivity contribution in [2.45, 2.75) is 26.7 Å². The van der Waals surface area contributed by atoms with Gasteiger partial charge in [-0.2, -0.15) is 0 Å². The Morgan fingerprint density at radius 2 is 1.38 bits per heavy atom. The third kappa shape index (κ3) is 11.8. The zero-order chi connectivity index (χ0) is 30.9. The normalized spacial score (nSPS) is 10.0. The highest BCUT2D eigenvalue weighted by atomic mass is 79.9. The predicted octanol–water partition coefficient (Wildman–Crippen LogP) is 4.42. The molecule has 2 heterocycles. The first-order chi connectivity index (χ1) is 20.2. The van der Waals surface area contributed by atoms with Gasteiger partial charge in [0.05, 0.1) is 26.1 Å². The van der Waals surface area contributed by atoms with Crippen molar-refractivity contribution in [1.29, 1.82) is 0 Å². The van der Waals surface area contributed by atoms with Crippen LogP contribution in [0.5, 0.6) is 0 Å². The lowest BCUT2D eigenvalue weighted by molar-refractivity contribution is -0.143. The molecule has 0 unspecified atom stereocenters. The minimum absolute atomic E-state index is 0.102. The average Bonchev–Trinajstić information content (AvgIpc) is 2.98. The number of esters is 2. The smallest absolute Gasteiger partial charge is 0.307 e. The summed E-state index contributed by atoms with van der Waals surface area (Å²) in [4.78, 5) is 65.0. The number of aromatic nitrogens is 2. The summed E-state index contributed by atoms with van der Waals surface area (Å²) < 4.78 is 10.3. The van der Waals surface area contributed by atoms with Crippen LogP contribution in [0.3, 0.4) is 0 Å². The number of aldehydes is 1. The SMILES string of the molecule is CCOC(=O)CCNC(=O)c1ccc(-c2ccc(Cl)cc2C=O)cn1.CCOC(=O)CCNC(=O)c1ccc(Br)cn1. The molecule has 0 aliphatic heterocycles. The topological polar surface area (TPSA) is 154 Å². The number of amides is 2. The summed E-state index contributed by atoms with van der Waals surface area (Å²) in [5, 5.41) is 5.66. The molecule has 1 aromatic carbocycles. The second-order valence-electron chi connectivity index (χ2n) is 8.27. The molecule has 0 aliphatic carbocycles. The van der Waals surface area contributed by atoms with Gasteiger partial charge in [-0.25, -0.2) is 4.98 Å². The summed E-state index contributed by atoms with van der Waals surface area (Å²) in [5.41, 5.74) is 2.36. The number of pyridine rings is 2. The molecule has 0 fully saturated rings. The highest BCUT2D eigenvalue weighted by Gasteiger charge is 2.11. The summed E-state index contributed by atoms with van der Waals surface area (Å²) in [6.45, 7) is 4.54. The molecule has 11 nitrogen and oxygen atoms in total. The largest absolute Gasteiger partial charge is 0.466 e. The molecule has 2 amide bonds. The fourth-order valence-corrected chi connectivity index (χ4v) is 3.71. The third-order valence-corrected chi connectivity index (χ3v) is 5.95.